The Labute approximate surface area is 159 Å². The van der Waals surface area contributed by atoms with Gasteiger partial charge in [0.15, 0.2) is 6.61 Å². The molecule has 0 bridgehead atoms. The van der Waals surface area contributed by atoms with Crippen molar-refractivity contribution in [3.8, 4) is 5.75 Å². The monoisotopic (exact) mass is 374 g/mol. The van der Waals surface area contributed by atoms with Gasteiger partial charge in [0.05, 0.1) is 0 Å². The molecule has 7 nitrogen and oxygen atoms in total. The minimum absolute atomic E-state index is 0.416. The molecule has 0 aromatic heterocycles. The third-order valence-corrected chi connectivity index (χ3v) is 3.27. The van der Waals surface area contributed by atoms with Gasteiger partial charge in [-0.1, -0.05) is 38.6 Å². The fraction of sp³-hybridized carbons (Fsp3) is 0.350. The number of amides is 3. The number of rotatable bonds is 10. The molecule has 0 aliphatic heterocycles. The molecule has 0 spiro atoms. The van der Waals surface area contributed by atoms with Crippen molar-refractivity contribution in [2.45, 2.75) is 20.3 Å². The third kappa shape index (κ3) is 10.5. The Morgan fingerprint density at radius 1 is 1.19 bits per heavy atom. The number of esters is 1. The summed E-state index contributed by atoms with van der Waals surface area (Å²) in [5, 5.41) is 4.65. The highest BCUT2D eigenvalue weighted by Crippen LogP contribution is 2.13. The lowest BCUT2D eigenvalue weighted by atomic mass is 10.1. The topological polar surface area (TPSA) is 93.7 Å². The number of carbonyl (C=O) groups is 3. The van der Waals surface area contributed by atoms with Crippen LogP contribution in [0.2, 0.25) is 0 Å². The second kappa shape index (κ2) is 12.3. The van der Waals surface area contributed by atoms with Gasteiger partial charge >= 0.3 is 12.0 Å². The van der Waals surface area contributed by atoms with Crippen molar-refractivity contribution in [1.29, 1.82) is 0 Å². The molecule has 0 fully saturated rings. The summed E-state index contributed by atoms with van der Waals surface area (Å²) in [6.45, 7) is 7.98. The van der Waals surface area contributed by atoms with Crippen LogP contribution in [0, 0.1) is 5.92 Å². The molecule has 1 rings (SSSR count). The van der Waals surface area contributed by atoms with Crippen molar-refractivity contribution in [3.63, 3.8) is 0 Å². The number of urea groups is 1. The molecule has 3 amide bonds. The molecule has 27 heavy (non-hydrogen) atoms. The average molecular weight is 374 g/mol. The van der Waals surface area contributed by atoms with E-state index in [0.29, 0.717) is 24.8 Å². The first-order valence-electron chi connectivity index (χ1n) is 8.67. The smallest absolute Gasteiger partial charge is 0.331 e. The van der Waals surface area contributed by atoms with Crippen LogP contribution < -0.4 is 15.4 Å². The number of carbonyl (C=O) groups excluding carboxylic acids is 3. The minimum atomic E-state index is -0.692. The highest BCUT2D eigenvalue weighted by atomic mass is 16.5. The fourth-order valence-corrected chi connectivity index (χ4v) is 1.86. The summed E-state index contributed by atoms with van der Waals surface area (Å²) in [6, 6.07) is 6.47. The molecule has 0 unspecified atom stereocenters. The molecule has 0 atom stereocenters. The van der Waals surface area contributed by atoms with E-state index >= 15 is 0 Å². The predicted molar refractivity (Wildman–Crippen MR) is 103 cm³/mol. The molecule has 0 saturated carbocycles. The standard InChI is InChI=1S/C20H26N2O5/c1-4-13-26-17-8-5-16(6-9-17)7-10-19(24)27-14-18(23)22-20(25)21-12-11-15(2)3/h4-10,15H,1,11-14H2,2-3H3,(H2,21,22,23,25)/b10-7+. The van der Waals surface area contributed by atoms with E-state index in [1.807, 2.05) is 13.8 Å². The maximum atomic E-state index is 11.6. The van der Waals surface area contributed by atoms with Gasteiger partial charge in [-0.05, 0) is 36.1 Å². The van der Waals surface area contributed by atoms with E-state index in [1.165, 1.54) is 6.08 Å². The molecule has 7 heteroatoms. The Balaban J connectivity index is 2.31. The second-order valence-corrected chi connectivity index (χ2v) is 6.10. The van der Waals surface area contributed by atoms with Crippen LogP contribution in [0.3, 0.4) is 0 Å². The number of hydrogen-bond donors (Lipinski definition) is 2. The van der Waals surface area contributed by atoms with Crippen molar-refractivity contribution in [1.82, 2.24) is 10.6 Å². The molecule has 0 aliphatic carbocycles. The highest BCUT2D eigenvalue weighted by molar-refractivity contribution is 5.96. The Morgan fingerprint density at radius 2 is 1.89 bits per heavy atom. The summed E-state index contributed by atoms with van der Waals surface area (Å²) in [7, 11) is 0. The summed E-state index contributed by atoms with van der Waals surface area (Å²) in [5.41, 5.74) is 0.770. The number of nitrogens with one attached hydrogen (secondary N) is 2. The van der Waals surface area contributed by atoms with Gasteiger partial charge in [0.2, 0.25) is 0 Å². The van der Waals surface area contributed by atoms with Gasteiger partial charge in [-0.2, -0.15) is 0 Å². The van der Waals surface area contributed by atoms with Crippen LogP contribution in [-0.4, -0.2) is 37.7 Å². The summed E-state index contributed by atoms with van der Waals surface area (Å²) < 4.78 is 10.1. The number of ether oxygens (including phenoxy) is 2. The zero-order chi connectivity index (χ0) is 20.1. The molecule has 0 aliphatic rings. The maximum absolute atomic E-state index is 11.6. The van der Waals surface area contributed by atoms with E-state index in [-0.39, 0.29) is 0 Å². The van der Waals surface area contributed by atoms with Gasteiger partial charge in [0.1, 0.15) is 12.4 Å². The van der Waals surface area contributed by atoms with Gasteiger partial charge < -0.3 is 14.8 Å². The lowest BCUT2D eigenvalue weighted by Crippen LogP contribution is -2.41. The van der Waals surface area contributed by atoms with Crippen molar-refractivity contribution in [2.24, 2.45) is 5.92 Å². The lowest BCUT2D eigenvalue weighted by molar-refractivity contribution is -0.143. The number of hydrogen-bond acceptors (Lipinski definition) is 5. The first-order valence-corrected chi connectivity index (χ1v) is 8.67. The molecule has 1 aromatic carbocycles. The molecule has 146 valence electrons. The molecular formula is C20H26N2O5. The summed E-state index contributed by atoms with van der Waals surface area (Å²) in [6.07, 6.45) is 5.21. The van der Waals surface area contributed by atoms with Crippen LogP contribution in [0.1, 0.15) is 25.8 Å². The van der Waals surface area contributed by atoms with E-state index in [2.05, 4.69) is 17.2 Å². The molecule has 1 aromatic rings. The molecule has 0 saturated heterocycles. The van der Waals surface area contributed by atoms with E-state index in [9.17, 15) is 14.4 Å². The predicted octanol–water partition coefficient (Wildman–Crippen LogP) is 2.68. The van der Waals surface area contributed by atoms with Crippen LogP contribution in [0.5, 0.6) is 5.75 Å². The first-order chi connectivity index (χ1) is 12.9. The zero-order valence-corrected chi connectivity index (χ0v) is 15.7. The average Bonchev–Trinajstić information content (AvgIpc) is 2.63. The van der Waals surface area contributed by atoms with Crippen LogP contribution in [0.4, 0.5) is 4.79 Å². The second-order valence-electron chi connectivity index (χ2n) is 6.10. The zero-order valence-electron chi connectivity index (χ0n) is 15.7. The quantitative estimate of drug-likeness (QED) is 0.373. The van der Waals surface area contributed by atoms with Crippen LogP contribution in [-0.2, 0) is 14.3 Å². The van der Waals surface area contributed by atoms with Gasteiger partial charge in [0, 0.05) is 12.6 Å². The Morgan fingerprint density at radius 3 is 2.52 bits per heavy atom. The van der Waals surface area contributed by atoms with Crippen LogP contribution in [0.25, 0.3) is 6.08 Å². The third-order valence-electron chi connectivity index (χ3n) is 3.27. The van der Waals surface area contributed by atoms with E-state index in [4.69, 9.17) is 9.47 Å². The molecular weight excluding hydrogens is 348 g/mol. The van der Waals surface area contributed by atoms with Crippen LogP contribution in [0.15, 0.2) is 43.0 Å². The van der Waals surface area contributed by atoms with Crippen molar-refractivity contribution < 1.29 is 23.9 Å². The van der Waals surface area contributed by atoms with Crippen molar-refractivity contribution in [3.05, 3.63) is 48.6 Å². The Hall–Kier alpha value is -3.09. The largest absolute Gasteiger partial charge is 0.490 e. The van der Waals surface area contributed by atoms with Gasteiger partial charge in [0.25, 0.3) is 5.91 Å². The van der Waals surface area contributed by atoms with E-state index in [1.54, 1.807) is 36.4 Å². The summed E-state index contributed by atoms with van der Waals surface area (Å²) >= 11 is 0. The van der Waals surface area contributed by atoms with Gasteiger partial charge in [-0.25, -0.2) is 9.59 Å². The highest BCUT2D eigenvalue weighted by Gasteiger charge is 2.09. The van der Waals surface area contributed by atoms with E-state index < -0.39 is 24.5 Å². The number of imide groups is 1. The van der Waals surface area contributed by atoms with Crippen LogP contribution >= 0.6 is 0 Å². The minimum Gasteiger partial charge on any atom is -0.490 e. The normalized spacial score (nSPS) is 10.5. The van der Waals surface area contributed by atoms with E-state index in [0.717, 1.165) is 12.0 Å². The van der Waals surface area contributed by atoms with Gasteiger partial charge in [-0.3, -0.25) is 10.1 Å². The molecule has 0 heterocycles. The Bertz CT molecular complexity index is 665. The van der Waals surface area contributed by atoms with Crippen molar-refractivity contribution >= 4 is 24.0 Å². The fourth-order valence-electron chi connectivity index (χ4n) is 1.86. The Kier molecular flexibility index (Phi) is 10.00. The van der Waals surface area contributed by atoms with Crippen molar-refractivity contribution in [2.75, 3.05) is 19.8 Å². The maximum Gasteiger partial charge on any atom is 0.331 e. The number of benzene rings is 1. The molecule has 2 N–H and O–H groups in total. The lowest BCUT2D eigenvalue weighted by Gasteiger charge is -2.08. The molecule has 0 radical (unpaired) electrons. The van der Waals surface area contributed by atoms with Gasteiger partial charge in [-0.15, -0.1) is 0 Å². The summed E-state index contributed by atoms with van der Waals surface area (Å²) in [5.74, 6) is -0.234. The first kappa shape index (κ1) is 22.0. The summed E-state index contributed by atoms with van der Waals surface area (Å²) in [4.78, 5) is 34.7. The SMILES string of the molecule is C=CCOc1ccc(/C=C/C(=O)OCC(=O)NC(=O)NCCC(C)C)cc1.